The molecule has 17 nitrogen and oxygen atoms in total. The van der Waals surface area contributed by atoms with E-state index in [1.165, 1.54) is 141 Å². The summed E-state index contributed by atoms with van der Waals surface area (Å²) in [6.07, 6.45) is 41.9. The van der Waals surface area contributed by atoms with Crippen LogP contribution >= 0.6 is 15.6 Å². The predicted molar refractivity (Wildman–Crippen MR) is 358 cm³/mol. The van der Waals surface area contributed by atoms with Gasteiger partial charge in [0.1, 0.15) is 19.3 Å². The average Bonchev–Trinajstić information content (AvgIpc) is 3.68. The molecule has 0 spiro atoms. The molecular formula is C70H136O17P2. The van der Waals surface area contributed by atoms with E-state index in [-0.39, 0.29) is 25.7 Å². The maximum Gasteiger partial charge on any atom is 0.472 e. The number of phosphoric acid groups is 2. The molecule has 6 atom stereocenters. The van der Waals surface area contributed by atoms with E-state index < -0.39 is 97.5 Å². The SMILES string of the molecule is CCC(C)CCCCCCCCCCC(=O)O[C@H](COC(=O)CCCCCCCCCCCCCCCCC(C)C)COP(=O)(O)OC[C@@H](O)COP(=O)(O)OC[C@@H](COC(=O)CCCCCCCCC(C)C)OC(=O)CCCCCCCCCCC(C)C. The topological polar surface area (TPSA) is 237 Å². The molecule has 0 radical (unpaired) electrons. The molecule has 0 aromatic carbocycles. The Morgan fingerprint density at radius 1 is 0.315 bits per heavy atom. The third-order valence-electron chi connectivity index (χ3n) is 16.4. The molecule has 0 aliphatic heterocycles. The maximum absolute atomic E-state index is 13.0. The van der Waals surface area contributed by atoms with E-state index in [0.717, 1.165) is 114 Å². The largest absolute Gasteiger partial charge is 0.472 e. The van der Waals surface area contributed by atoms with Gasteiger partial charge in [0.15, 0.2) is 12.2 Å². The quantitative estimate of drug-likeness (QED) is 0.0222. The van der Waals surface area contributed by atoms with Crippen LogP contribution in [0.1, 0.15) is 344 Å². The number of phosphoric ester groups is 2. The fraction of sp³-hybridized carbons (Fsp3) is 0.943. The van der Waals surface area contributed by atoms with Gasteiger partial charge in [0.25, 0.3) is 0 Å². The molecular weight excluding hydrogens is 1170 g/mol. The summed E-state index contributed by atoms with van der Waals surface area (Å²) in [6.45, 7) is 14.0. The highest BCUT2D eigenvalue weighted by Crippen LogP contribution is 2.45. The van der Waals surface area contributed by atoms with Crippen molar-refractivity contribution in [3.63, 3.8) is 0 Å². The Hall–Kier alpha value is -1.94. The molecule has 0 aromatic heterocycles. The van der Waals surface area contributed by atoms with Gasteiger partial charge in [-0.1, -0.05) is 293 Å². The highest BCUT2D eigenvalue weighted by molar-refractivity contribution is 7.47. The zero-order chi connectivity index (χ0) is 66.1. The highest BCUT2D eigenvalue weighted by Gasteiger charge is 2.30. The number of carbonyl (C=O) groups is 4. The lowest BCUT2D eigenvalue weighted by Gasteiger charge is -2.21. The lowest BCUT2D eigenvalue weighted by atomic mass is 9.99. The van der Waals surface area contributed by atoms with Crippen molar-refractivity contribution in [3.8, 4) is 0 Å². The van der Waals surface area contributed by atoms with Gasteiger partial charge in [-0.25, -0.2) is 9.13 Å². The second kappa shape index (κ2) is 59.8. The number of aliphatic hydroxyl groups is 1. The number of rotatable bonds is 67. The minimum Gasteiger partial charge on any atom is -0.462 e. The summed E-state index contributed by atoms with van der Waals surface area (Å²) in [5.74, 6) is 0.833. The summed E-state index contributed by atoms with van der Waals surface area (Å²) in [7, 11) is -9.90. The Balaban J connectivity index is 5.22. The van der Waals surface area contributed by atoms with Crippen molar-refractivity contribution in [1.82, 2.24) is 0 Å². The van der Waals surface area contributed by atoms with Gasteiger partial charge in [-0.05, 0) is 49.4 Å². The van der Waals surface area contributed by atoms with Crippen molar-refractivity contribution in [2.24, 2.45) is 23.7 Å². The van der Waals surface area contributed by atoms with Gasteiger partial charge in [-0.15, -0.1) is 0 Å². The van der Waals surface area contributed by atoms with Crippen molar-refractivity contribution in [1.29, 1.82) is 0 Å². The first-order valence-electron chi connectivity index (χ1n) is 36.2. The minimum absolute atomic E-state index is 0.103. The number of carbonyl (C=O) groups excluding carboxylic acids is 4. The van der Waals surface area contributed by atoms with Crippen molar-refractivity contribution in [2.45, 2.75) is 363 Å². The smallest absolute Gasteiger partial charge is 0.462 e. The van der Waals surface area contributed by atoms with E-state index in [9.17, 15) is 43.2 Å². The summed E-state index contributed by atoms with van der Waals surface area (Å²) in [5.41, 5.74) is 0. The molecule has 0 aromatic rings. The van der Waals surface area contributed by atoms with E-state index in [1.807, 2.05) is 0 Å². The van der Waals surface area contributed by atoms with E-state index in [2.05, 4.69) is 55.4 Å². The molecule has 0 rings (SSSR count). The third kappa shape index (κ3) is 63.2. The van der Waals surface area contributed by atoms with Crippen molar-refractivity contribution in [2.75, 3.05) is 39.6 Å². The predicted octanol–water partition coefficient (Wildman–Crippen LogP) is 19.7. The number of hydrogen-bond acceptors (Lipinski definition) is 15. The summed E-state index contributed by atoms with van der Waals surface area (Å²) in [6, 6.07) is 0. The summed E-state index contributed by atoms with van der Waals surface area (Å²) >= 11 is 0. The van der Waals surface area contributed by atoms with Gasteiger partial charge in [0.05, 0.1) is 26.4 Å². The van der Waals surface area contributed by atoms with E-state index >= 15 is 0 Å². The molecule has 0 amide bonds. The van der Waals surface area contributed by atoms with Crippen LogP contribution in [-0.2, 0) is 65.4 Å². The van der Waals surface area contributed by atoms with Crippen LogP contribution < -0.4 is 0 Å². The van der Waals surface area contributed by atoms with Gasteiger partial charge in [0.2, 0.25) is 0 Å². The first-order chi connectivity index (χ1) is 42.6. The summed E-state index contributed by atoms with van der Waals surface area (Å²) in [4.78, 5) is 72.5. The molecule has 0 saturated carbocycles. The summed E-state index contributed by atoms with van der Waals surface area (Å²) < 4.78 is 68.2. The van der Waals surface area contributed by atoms with Crippen LogP contribution in [0, 0.1) is 23.7 Å². The third-order valence-corrected chi connectivity index (χ3v) is 18.3. The van der Waals surface area contributed by atoms with Gasteiger partial charge >= 0.3 is 39.5 Å². The van der Waals surface area contributed by atoms with Crippen LogP contribution in [0.15, 0.2) is 0 Å². The van der Waals surface area contributed by atoms with Crippen LogP contribution in [0.2, 0.25) is 0 Å². The first-order valence-corrected chi connectivity index (χ1v) is 39.2. The van der Waals surface area contributed by atoms with E-state index in [0.29, 0.717) is 31.6 Å². The number of ether oxygens (including phenoxy) is 4. The van der Waals surface area contributed by atoms with Crippen LogP contribution in [-0.4, -0.2) is 96.7 Å². The molecule has 0 aliphatic carbocycles. The Morgan fingerprint density at radius 2 is 0.539 bits per heavy atom. The Bertz CT molecular complexity index is 1770. The Labute approximate surface area is 543 Å². The highest BCUT2D eigenvalue weighted by atomic mass is 31.2. The second-order valence-electron chi connectivity index (χ2n) is 26.9. The molecule has 0 aliphatic rings. The molecule has 0 saturated heterocycles. The fourth-order valence-electron chi connectivity index (χ4n) is 10.5. The van der Waals surface area contributed by atoms with Crippen LogP contribution in [0.5, 0.6) is 0 Å². The van der Waals surface area contributed by atoms with Gasteiger partial charge in [0, 0.05) is 25.7 Å². The molecule has 3 unspecified atom stereocenters. The zero-order valence-electron chi connectivity index (χ0n) is 58.1. The van der Waals surface area contributed by atoms with Gasteiger partial charge in [-0.3, -0.25) is 37.3 Å². The average molecular weight is 1310 g/mol. The number of hydrogen-bond donors (Lipinski definition) is 3. The van der Waals surface area contributed by atoms with E-state index in [1.54, 1.807) is 0 Å². The first kappa shape index (κ1) is 87.1. The minimum atomic E-state index is -4.95. The molecule has 0 heterocycles. The van der Waals surface area contributed by atoms with Crippen LogP contribution in [0.25, 0.3) is 0 Å². The standard InChI is InChI=1S/C70H136O17P2/c1-9-63(8)49-41-33-24-19-21-27-37-45-53-70(75)86-65(56-80-67(72)50-42-34-25-17-15-13-11-10-12-14-16-22-30-38-46-60(2)3)58-84-88(76,77)82-54-64(71)55-83-89(78,79)85-59-66(57-81-68(73)51-43-35-29-28-32-40-48-62(6)7)87-69(74)52-44-36-26-20-18-23-31-39-47-61(4)5/h60-66,71H,9-59H2,1-8H3,(H,76,77)(H,78,79)/t63?,64-,65-,66-/m1/s1. The number of unbranched alkanes of at least 4 members (excludes halogenated alkanes) is 32. The number of aliphatic hydroxyl groups excluding tert-OH is 1. The Kier molecular flexibility index (Phi) is 58.5. The molecule has 0 bridgehead atoms. The molecule has 19 heteroatoms. The van der Waals surface area contributed by atoms with Gasteiger partial charge in [-0.2, -0.15) is 0 Å². The fourth-order valence-corrected chi connectivity index (χ4v) is 12.0. The lowest BCUT2D eigenvalue weighted by Crippen LogP contribution is -2.30. The lowest BCUT2D eigenvalue weighted by molar-refractivity contribution is -0.161. The maximum atomic E-state index is 13.0. The van der Waals surface area contributed by atoms with Gasteiger partial charge < -0.3 is 33.8 Å². The molecule has 528 valence electrons. The van der Waals surface area contributed by atoms with Crippen LogP contribution in [0.3, 0.4) is 0 Å². The van der Waals surface area contributed by atoms with E-state index in [4.69, 9.17) is 37.0 Å². The second-order valence-corrected chi connectivity index (χ2v) is 29.8. The van der Waals surface area contributed by atoms with Crippen LogP contribution in [0.4, 0.5) is 0 Å². The number of esters is 4. The molecule has 3 N–H and O–H groups in total. The van der Waals surface area contributed by atoms with Crippen molar-refractivity contribution < 1.29 is 80.2 Å². The van der Waals surface area contributed by atoms with Crippen molar-refractivity contribution >= 4 is 39.5 Å². The Morgan fingerprint density at radius 3 is 0.798 bits per heavy atom. The zero-order valence-corrected chi connectivity index (χ0v) is 59.8. The van der Waals surface area contributed by atoms with Crippen molar-refractivity contribution in [3.05, 3.63) is 0 Å². The molecule has 0 fully saturated rings. The monoisotopic (exact) mass is 1310 g/mol. The normalized spacial score (nSPS) is 14.6. The summed E-state index contributed by atoms with van der Waals surface area (Å²) in [5, 5.41) is 10.6. The molecule has 89 heavy (non-hydrogen) atoms.